The van der Waals surface area contributed by atoms with Crippen LogP contribution in [0.2, 0.25) is 0 Å². The lowest BCUT2D eigenvalue weighted by Crippen LogP contribution is -2.46. The number of halogens is 1. The molecule has 5 nitrogen and oxygen atoms in total. The average Bonchev–Trinajstić information content (AvgIpc) is 2.71. The number of hydrogen-bond donors (Lipinski definition) is 1. The van der Waals surface area contributed by atoms with Crippen molar-refractivity contribution in [2.75, 3.05) is 36.4 Å². The zero-order valence-corrected chi connectivity index (χ0v) is 16.0. The summed E-state index contributed by atoms with van der Waals surface area (Å²) in [6, 6.07) is 19.0. The summed E-state index contributed by atoms with van der Waals surface area (Å²) in [5.74, 6) is 1.01. The van der Waals surface area contributed by atoms with Crippen LogP contribution in [0.3, 0.4) is 0 Å². The Morgan fingerprint density at radius 1 is 0.929 bits per heavy atom. The topological polar surface area (TPSA) is 44.3 Å². The number of hydrogen-bond acceptors (Lipinski definition) is 5. The van der Waals surface area contributed by atoms with Crippen molar-refractivity contribution in [3.8, 4) is 0 Å². The fourth-order valence-electron chi connectivity index (χ4n) is 3.41. The van der Waals surface area contributed by atoms with Crippen molar-refractivity contribution in [3.05, 3.63) is 77.7 Å². The molecule has 1 saturated heterocycles. The highest BCUT2D eigenvalue weighted by atomic mass is 19.1. The Labute approximate surface area is 164 Å². The van der Waals surface area contributed by atoms with Gasteiger partial charge in [0.2, 0.25) is 5.95 Å². The number of aryl methyl sites for hydroxylation is 1. The van der Waals surface area contributed by atoms with E-state index >= 15 is 0 Å². The number of anilines is 3. The summed E-state index contributed by atoms with van der Waals surface area (Å²) in [6.45, 7) is 6.56. The second-order valence-corrected chi connectivity index (χ2v) is 7.05. The van der Waals surface area contributed by atoms with Gasteiger partial charge in [0.15, 0.2) is 0 Å². The van der Waals surface area contributed by atoms with Crippen molar-refractivity contribution < 1.29 is 4.39 Å². The molecule has 144 valence electrons. The predicted molar refractivity (Wildman–Crippen MR) is 110 cm³/mol. The number of nitrogens with zero attached hydrogens (tertiary/aromatic N) is 4. The van der Waals surface area contributed by atoms with Gasteiger partial charge in [0.25, 0.3) is 0 Å². The van der Waals surface area contributed by atoms with Gasteiger partial charge >= 0.3 is 0 Å². The van der Waals surface area contributed by atoms with Gasteiger partial charge < -0.3 is 10.2 Å². The minimum Gasteiger partial charge on any atom is -0.338 e. The lowest BCUT2D eigenvalue weighted by atomic mass is 10.2. The van der Waals surface area contributed by atoms with E-state index in [1.807, 2.05) is 19.1 Å². The summed E-state index contributed by atoms with van der Waals surface area (Å²) in [6.07, 6.45) is 0. The highest BCUT2D eigenvalue weighted by Crippen LogP contribution is 2.21. The molecule has 0 unspecified atom stereocenters. The number of piperazine rings is 1. The summed E-state index contributed by atoms with van der Waals surface area (Å²) >= 11 is 0. The maximum absolute atomic E-state index is 13.9. The molecule has 3 aromatic rings. The third kappa shape index (κ3) is 4.46. The van der Waals surface area contributed by atoms with E-state index in [4.69, 9.17) is 0 Å². The number of rotatable bonds is 5. The molecule has 0 spiro atoms. The van der Waals surface area contributed by atoms with Crippen LogP contribution in [-0.4, -0.2) is 41.0 Å². The standard InChI is InChI=1S/C22H24FN5/c1-17-15-21(25-20-10-6-5-9-19(20)23)26-22(24-17)28-13-11-27(12-14-28)16-18-7-3-2-4-8-18/h2-10,15H,11-14,16H2,1H3,(H,24,25,26). The summed E-state index contributed by atoms with van der Waals surface area (Å²) < 4.78 is 13.9. The van der Waals surface area contributed by atoms with E-state index < -0.39 is 0 Å². The SMILES string of the molecule is Cc1cc(Nc2ccccc2F)nc(N2CCN(Cc3ccccc3)CC2)n1. The molecular formula is C22H24FN5. The first kappa shape index (κ1) is 18.4. The van der Waals surface area contributed by atoms with Gasteiger partial charge in [-0.1, -0.05) is 42.5 Å². The van der Waals surface area contributed by atoms with Crippen molar-refractivity contribution in [2.45, 2.75) is 13.5 Å². The molecule has 1 aliphatic rings. The summed E-state index contributed by atoms with van der Waals surface area (Å²) in [5, 5.41) is 3.07. The number of benzene rings is 2. The molecule has 0 radical (unpaired) electrons. The van der Waals surface area contributed by atoms with Crippen LogP contribution in [0.25, 0.3) is 0 Å². The van der Waals surface area contributed by atoms with Crippen molar-refractivity contribution >= 4 is 17.5 Å². The van der Waals surface area contributed by atoms with Gasteiger partial charge in [-0.3, -0.25) is 4.90 Å². The van der Waals surface area contributed by atoms with Crippen LogP contribution in [0.5, 0.6) is 0 Å². The van der Waals surface area contributed by atoms with E-state index in [9.17, 15) is 4.39 Å². The highest BCUT2D eigenvalue weighted by Gasteiger charge is 2.20. The molecule has 28 heavy (non-hydrogen) atoms. The van der Waals surface area contributed by atoms with Crippen molar-refractivity contribution in [2.24, 2.45) is 0 Å². The Kier molecular flexibility index (Phi) is 5.48. The Morgan fingerprint density at radius 3 is 2.39 bits per heavy atom. The zero-order valence-electron chi connectivity index (χ0n) is 16.0. The lowest BCUT2D eigenvalue weighted by Gasteiger charge is -2.35. The molecule has 0 atom stereocenters. The fraction of sp³-hybridized carbons (Fsp3) is 0.273. The van der Waals surface area contributed by atoms with Crippen molar-refractivity contribution in [3.63, 3.8) is 0 Å². The predicted octanol–water partition coefficient (Wildman–Crippen LogP) is 3.99. The van der Waals surface area contributed by atoms with E-state index in [1.54, 1.807) is 18.2 Å². The summed E-state index contributed by atoms with van der Waals surface area (Å²) in [7, 11) is 0. The van der Waals surface area contributed by atoms with E-state index in [0.29, 0.717) is 17.5 Å². The first-order valence-corrected chi connectivity index (χ1v) is 9.56. The van der Waals surface area contributed by atoms with Crippen LogP contribution < -0.4 is 10.2 Å². The first-order chi connectivity index (χ1) is 13.7. The van der Waals surface area contributed by atoms with Crippen molar-refractivity contribution in [1.29, 1.82) is 0 Å². The van der Waals surface area contributed by atoms with E-state index in [2.05, 4.69) is 49.4 Å². The Morgan fingerprint density at radius 2 is 1.64 bits per heavy atom. The number of para-hydroxylation sites is 1. The molecule has 4 rings (SSSR count). The van der Waals surface area contributed by atoms with Crippen LogP contribution >= 0.6 is 0 Å². The quantitative estimate of drug-likeness (QED) is 0.728. The molecule has 1 aliphatic heterocycles. The van der Waals surface area contributed by atoms with Crippen LogP contribution in [0.1, 0.15) is 11.3 Å². The maximum atomic E-state index is 13.9. The second-order valence-electron chi connectivity index (χ2n) is 7.05. The summed E-state index contributed by atoms with van der Waals surface area (Å²) in [5.41, 5.74) is 2.61. The maximum Gasteiger partial charge on any atom is 0.227 e. The Bertz CT molecular complexity index is 923. The molecule has 0 aliphatic carbocycles. The van der Waals surface area contributed by atoms with Gasteiger partial charge in [0.1, 0.15) is 11.6 Å². The molecule has 0 saturated carbocycles. The van der Waals surface area contributed by atoms with Gasteiger partial charge in [-0.2, -0.15) is 4.98 Å². The molecule has 2 aromatic carbocycles. The molecule has 2 heterocycles. The Balaban J connectivity index is 1.42. The number of aromatic nitrogens is 2. The highest BCUT2D eigenvalue weighted by molar-refractivity contribution is 5.58. The molecule has 0 amide bonds. The second kappa shape index (κ2) is 8.35. The van der Waals surface area contributed by atoms with E-state index in [-0.39, 0.29) is 5.82 Å². The van der Waals surface area contributed by atoms with Crippen LogP contribution in [-0.2, 0) is 6.54 Å². The normalized spacial score (nSPS) is 14.9. The van der Waals surface area contributed by atoms with Gasteiger partial charge in [-0.05, 0) is 24.6 Å². The van der Waals surface area contributed by atoms with E-state index in [1.165, 1.54) is 11.6 Å². The third-order valence-corrected chi connectivity index (χ3v) is 4.88. The molecular weight excluding hydrogens is 353 g/mol. The molecule has 1 fully saturated rings. The van der Waals surface area contributed by atoms with Crippen LogP contribution in [0.4, 0.5) is 21.8 Å². The molecule has 0 bridgehead atoms. The largest absolute Gasteiger partial charge is 0.338 e. The molecule has 1 N–H and O–H groups in total. The first-order valence-electron chi connectivity index (χ1n) is 9.56. The fourth-order valence-corrected chi connectivity index (χ4v) is 3.41. The van der Waals surface area contributed by atoms with Gasteiger partial charge in [-0.15, -0.1) is 0 Å². The van der Waals surface area contributed by atoms with Gasteiger partial charge in [-0.25, -0.2) is 9.37 Å². The average molecular weight is 377 g/mol. The van der Waals surface area contributed by atoms with Crippen LogP contribution in [0.15, 0.2) is 60.7 Å². The van der Waals surface area contributed by atoms with Gasteiger partial charge in [0.05, 0.1) is 5.69 Å². The monoisotopic (exact) mass is 377 g/mol. The molecule has 1 aromatic heterocycles. The Hall–Kier alpha value is -2.99. The zero-order chi connectivity index (χ0) is 19.3. The van der Waals surface area contributed by atoms with Crippen molar-refractivity contribution in [1.82, 2.24) is 14.9 Å². The van der Waals surface area contributed by atoms with E-state index in [0.717, 1.165) is 38.4 Å². The minimum atomic E-state index is -0.296. The van der Waals surface area contributed by atoms with Gasteiger partial charge in [0, 0.05) is 44.5 Å². The number of nitrogens with one attached hydrogen (secondary N) is 1. The third-order valence-electron chi connectivity index (χ3n) is 4.88. The lowest BCUT2D eigenvalue weighted by molar-refractivity contribution is 0.248. The van der Waals surface area contributed by atoms with Crippen LogP contribution in [0, 0.1) is 12.7 Å². The minimum absolute atomic E-state index is 0.296. The smallest absolute Gasteiger partial charge is 0.227 e. The molecule has 6 heteroatoms. The summed E-state index contributed by atoms with van der Waals surface area (Å²) in [4.78, 5) is 13.9.